The second-order valence-electron chi connectivity index (χ2n) is 8.09. The van der Waals surface area contributed by atoms with Crippen molar-refractivity contribution in [2.45, 2.75) is 56.5 Å². The van der Waals surface area contributed by atoms with Crippen molar-refractivity contribution in [2.24, 2.45) is 12.8 Å². The third-order valence-corrected chi connectivity index (χ3v) is 6.45. The molecule has 1 amide bonds. The van der Waals surface area contributed by atoms with Crippen LogP contribution in [0.3, 0.4) is 0 Å². The third-order valence-electron chi connectivity index (χ3n) is 6.45. The molecule has 1 aliphatic heterocycles. The molecular formula is C20H26F2N4O2. The first-order chi connectivity index (χ1) is 13.3. The van der Waals surface area contributed by atoms with Gasteiger partial charge in [-0.2, -0.15) is 0 Å². The molecule has 0 spiro atoms. The molecule has 0 radical (unpaired) electrons. The van der Waals surface area contributed by atoms with Crippen LogP contribution in [0.25, 0.3) is 10.9 Å². The van der Waals surface area contributed by atoms with Crippen molar-refractivity contribution in [3.63, 3.8) is 0 Å². The molecule has 1 aromatic carbocycles. The van der Waals surface area contributed by atoms with Gasteiger partial charge in [0.05, 0.1) is 22.5 Å². The number of nitrogens with two attached hydrogens (primary N) is 1. The summed E-state index contributed by atoms with van der Waals surface area (Å²) < 4.78 is 30.4. The van der Waals surface area contributed by atoms with E-state index in [9.17, 15) is 18.4 Å². The van der Waals surface area contributed by atoms with Gasteiger partial charge in [0.1, 0.15) is 0 Å². The van der Waals surface area contributed by atoms with E-state index in [4.69, 9.17) is 5.73 Å². The lowest BCUT2D eigenvalue weighted by Crippen LogP contribution is -2.46. The Morgan fingerprint density at radius 3 is 2.36 bits per heavy atom. The smallest absolute Gasteiger partial charge is 0.275 e. The summed E-state index contributed by atoms with van der Waals surface area (Å²) in [6.45, 7) is 1.58. The van der Waals surface area contributed by atoms with E-state index in [1.54, 1.807) is 16.8 Å². The van der Waals surface area contributed by atoms with Gasteiger partial charge in [-0.05, 0) is 37.8 Å². The Morgan fingerprint density at radius 1 is 1.11 bits per heavy atom. The second-order valence-corrected chi connectivity index (χ2v) is 8.09. The lowest BCUT2D eigenvalue weighted by atomic mass is 9.89. The number of primary amides is 1. The van der Waals surface area contributed by atoms with Crippen molar-refractivity contribution in [3.8, 4) is 0 Å². The molecule has 2 heterocycles. The zero-order valence-electron chi connectivity index (χ0n) is 16.0. The quantitative estimate of drug-likeness (QED) is 0.873. The molecule has 2 N–H and O–H groups in total. The number of hydrogen-bond acceptors (Lipinski definition) is 3. The number of aromatic nitrogens is 2. The molecule has 6 nitrogen and oxygen atoms in total. The third kappa shape index (κ3) is 3.23. The summed E-state index contributed by atoms with van der Waals surface area (Å²) in [5.41, 5.74) is 6.20. The lowest BCUT2D eigenvalue weighted by molar-refractivity contribution is -0.0567. The highest BCUT2D eigenvalue weighted by Crippen LogP contribution is 2.36. The largest absolute Gasteiger partial charge is 0.366 e. The van der Waals surface area contributed by atoms with E-state index >= 15 is 0 Å². The molecule has 1 saturated carbocycles. The van der Waals surface area contributed by atoms with Crippen molar-refractivity contribution in [2.75, 3.05) is 13.1 Å². The molecule has 8 heteroatoms. The zero-order chi connectivity index (χ0) is 20.1. The lowest BCUT2D eigenvalue weighted by Gasteiger charge is -2.41. The number of carbonyl (C=O) groups is 1. The summed E-state index contributed by atoms with van der Waals surface area (Å²) >= 11 is 0. The Bertz CT molecular complexity index is 947. The van der Waals surface area contributed by atoms with Crippen LogP contribution in [-0.2, 0) is 7.05 Å². The van der Waals surface area contributed by atoms with Gasteiger partial charge in [0.25, 0.3) is 5.56 Å². The van der Waals surface area contributed by atoms with Gasteiger partial charge in [-0.15, -0.1) is 0 Å². The van der Waals surface area contributed by atoms with E-state index in [2.05, 4.69) is 4.90 Å². The summed E-state index contributed by atoms with van der Waals surface area (Å²) in [6, 6.07) is 5.36. The van der Waals surface area contributed by atoms with E-state index in [1.165, 1.54) is 0 Å². The number of nitrogens with zero attached hydrogens (tertiary/aromatic N) is 3. The standard InChI is InChI=1S/C20H26F2N4O2/c1-24-16-4-2-3-15(18(23)27)17(16)19(28)26(24)14-7-11-25(12-8-14)13-5-9-20(21,22)10-6-13/h2-4,13-14H,5-12H2,1H3,(H2,23,27). The Balaban J connectivity index is 1.54. The van der Waals surface area contributed by atoms with Crippen molar-refractivity contribution in [3.05, 3.63) is 34.1 Å². The molecular weight excluding hydrogens is 366 g/mol. The van der Waals surface area contributed by atoms with Gasteiger partial charge in [-0.25, -0.2) is 13.5 Å². The number of amides is 1. The molecule has 1 aromatic heterocycles. The molecule has 1 aliphatic carbocycles. The maximum Gasteiger partial charge on any atom is 0.275 e. The van der Waals surface area contributed by atoms with Crippen LogP contribution in [0.2, 0.25) is 0 Å². The molecule has 0 bridgehead atoms. The minimum atomic E-state index is -2.51. The summed E-state index contributed by atoms with van der Waals surface area (Å²) in [5.74, 6) is -3.12. The number of carbonyl (C=O) groups excluding carboxylic acids is 1. The average molecular weight is 392 g/mol. The van der Waals surface area contributed by atoms with Crippen LogP contribution in [0.1, 0.15) is 54.9 Å². The Hall–Kier alpha value is -2.22. The van der Waals surface area contributed by atoms with E-state index < -0.39 is 11.8 Å². The van der Waals surface area contributed by atoms with Gasteiger partial charge in [0.15, 0.2) is 0 Å². The van der Waals surface area contributed by atoms with Crippen molar-refractivity contribution >= 4 is 16.8 Å². The summed E-state index contributed by atoms with van der Waals surface area (Å²) in [6.07, 6.45) is 2.57. The van der Waals surface area contributed by atoms with E-state index in [1.807, 2.05) is 17.8 Å². The van der Waals surface area contributed by atoms with Crippen LogP contribution >= 0.6 is 0 Å². The predicted molar refractivity (Wildman–Crippen MR) is 103 cm³/mol. The first-order valence-electron chi connectivity index (χ1n) is 9.90. The molecule has 28 heavy (non-hydrogen) atoms. The van der Waals surface area contributed by atoms with Crippen LogP contribution in [0.4, 0.5) is 8.78 Å². The Labute approximate surface area is 161 Å². The minimum absolute atomic E-state index is 0.0203. The van der Waals surface area contributed by atoms with Gasteiger partial charge >= 0.3 is 0 Å². The maximum atomic E-state index is 13.4. The van der Waals surface area contributed by atoms with Gasteiger partial charge in [-0.3, -0.25) is 14.3 Å². The highest BCUT2D eigenvalue weighted by molar-refractivity contribution is 6.05. The molecule has 2 aromatic rings. The van der Waals surface area contributed by atoms with Crippen molar-refractivity contribution in [1.29, 1.82) is 0 Å². The fraction of sp³-hybridized carbons (Fsp3) is 0.600. The average Bonchev–Trinajstić information content (AvgIpc) is 2.93. The molecule has 2 fully saturated rings. The normalized spacial score (nSPS) is 22.0. The summed E-state index contributed by atoms with van der Waals surface area (Å²) in [5, 5.41) is 0.370. The number of piperidine rings is 1. The molecule has 2 aliphatic rings. The highest BCUT2D eigenvalue weighted by Gasteiger charge is 2.38. The van der Waals surface area contributed by atoms with Crippen LogP contribution in [-0.4, -0.2) is 45.2 Å². The maximum absolute atomic E-state index is 13.4. The van der Waals surface area contributed by atoms with E-state index in [0.29, 0.717) is 23.7 Å². The molecule has 4 rings (SSSR count). The van der Waals surface area contributed by atoms with E-state index in [-0.39, 0.29) is 36.0 Å². The first-order valence-corrected chi connectivity index (χ1v) is 9.90. The van der Waals surface area contributed by atoms with Crippen molar-refractivity contribution in [1.82, 2.24) is 14.3 Å². The number of likely N-dealkylation sites (tertiary alicyclic amines) is 1. The number of aryl methyl sites for hydroxylation is 1. The van der Waals surface area contributed by atoms with Crippen LogP contribution < -0.4 is 11.3 Å². The molecule has 1 saturated heterocycles. The highest BCUT2D eigenvalue weighted by atomic mass is 19.3. The summed E-state index contributed by atoms with van der Waals surface area (Å²) in [4.78, 5) is 27.1. The summed E-state index contributed by atoms with van der Waals surface area (Å²) in [7, 11) is 1.82. The SMILES string of the molecule is Cn1c2cccc(C(N)=O)c2c(=O)n1C1CCN(C2CCC(F)(F)CC2)CC1. The Morgan fingerprint density at radius 2 is 1.75 bits per heavy atom. The van der Waals surface area contributed by atoms with Gasteiger partial charge in [-0.1, -0.05) is 6.07 Å². The van der Waals surface area contributed by atoms with Crippen LogP contribution in [0.15, 0.2) is 23.0 Å². The topological polar surface area (TPSA) is 73.3 Å². The number of halogens is 2. The zero-order valence-corrected chi connectivity index (χ0v) is 16.0. The molecule has 0 atom stereocenters. The van der Waals surface area contributed by atoms with Gasteiger partial charge in [0, 0.05) is 39.0 Å². The minimum Gasteiger partial charge on any atom is -0.366 e. The van der Waals surface area contributed by atoms with Crippen LogP contribution in [0.5, 0.6) is 0 Å². The number of alkyl halides is 2. The monoisotopic (exact) mass is 392 g/mol. The fourth-order valence-corrected chi connectivity index (χ4v) is 4.90. The fourth-order valence-electron chi connectivity index (χ4n) is 4.90. The molecule has 0 unspecified atom stereocenters. The second kappa shape index (κ2) is 6.99. The number of benzene rings is 1. The van der Waals surface area contributed by atoms with Gasteiger partial charge in [0.2, 0.25) is 11.8 Å². The number of rotatable bonds is 3. The van der Waals surface area contributed by atoms with Crippen molar-refractivity contribution < 1.29 is 13.6 Å². The first kappa shape index (κ1) is 19.1. The number of fused-ring (bicyclic) bond motifs is 1. The van der Waals surface area contributed by atoms with E-state index in [0.717, 1.165) is 25.9 Å². The predicted octanol–water partition coefficient (Wildman–Crippen LogP) is 2.65. The van der Waals surface area contributed by atoms with Gasteiger partial charge < -0.3 is 10.6 Å². The Kier molecular flexibility index (Phi) is 4.77. The molecule has 152 valence electrons. The number of hydrogen-bond donors (Lipinski definition) is 1. The van der Waals surface area contributed by atoms with Crippen LogP contribution in [0, 0.1) is 0 Å².